The first kappa shape index (κ1) is 24.1. The highest BCUT2D eigenvalue weighted by atomic mass is 35.5. The fraction of sp³-hybridized carbons (Fsp3) is 0.381. The van der Waals surface area contributed by atoms with Gasteiger partial charge in [-0.15, -0.1) is 22.7 Å². The van der Waals surface area contributed by atoms with Gasteiger partial charge in [0.2, 0.25) is 11.8 Å². The van der Waals surface area contributed by atoms with Gasteiger partial charge in [0, 0.05) is 34.2 Å². The van der Waals surface area contributed by atoms with Crippen LogP contribution in [0.5, 0.6) is 0 Å². The highest BCUT2D eigenvalue weighted by Crippen LogP contribution is 2.33. The number of aromatic nitrogens is 1. The van der Waals surface area contributed by atoms with Crippen LogP contribution in [-0.4, -0.2) is 60.1 Å². The molecule has 8 nitrogen and oxygen atoms in total. The van der Waals surface area contributed by atoms with E-state index in [0.29, 0.717) is 22.3 Å². The molecule has 1 aromatic carbocycles. The normalized spacial score (nSPS) is 15.5. The number of carbonyl (C=O) groups excluding carboxylic acids is 2. The van der Waals surface area contributed by atoms with Gasteiger partial charge in [0.1, 0.15) is 9.22 Å². The van der Waals surface area contributed by atoms with Gasteiger partial charge >= 0.3 is 0 Å². The second-order valence-electron chi connectivity index (χ2n) is 8.03. The molecule has 1 saturated heterocycles. The smallest absolute Gasteiger partial charge is 0.253 e. The molecule has 33 heavy (non-hydrogen) atoms. The van der Waals surface area contributed by atoms with Crippen molar-refractivity contribution in [3.8, 4) is 0 Å². The second kappa shape index (κ2) is 9.67. The Morgan fingerprint density at radius 3 is 2.79 bits per heavy atom. The molecule has 0 unspecified atom stereocenters. The van der Waals surface area contributed by atoms with Crippen molar-refractivity contribution in [3.05, 3.63) is 45.4 Å². The molecule has 0 saturated carbocycles. The van der Waals surface area contributed by atoms with E-state index in [1.54, 1.807) is 29.2 Å². The molecule has 0 atom stereocenters. The maximum Gasteiger partial charge on any atom is 0.253 e. The summed E-state index contributed by atoms with van der Waals surface area (Å²) < 4.78 is 28.4. The van der Waals surface area contributed by atoms with Gasteiger partial charge in [0.05, 0.1) is 25.2 Å². The van der Waals surface area contributed by atoms with Crippen LogP contribution in [0.3, 0.4) is 0 Å². The van der Waals surface area contributed by atoms with Crippen molar-refractivity contribution in [2.45, 2.75) is 37.1 Å². The summed E-state index contributed by atoms with van der Waals surface area (Å²) in [5, 5.41) is 6.70. The minimum absolute atomic E-state index is 0.0613. The van der Waals surface area contributed by atoms with E-state index in [-0.39, 0.29) is 48.1 Å². The van der Waals surface area contributed by atoms with Crippen molar-refractivity contribution in [1.29, 1.82) is 0 Å². The SMILES string of the molecule is CC(C)NC(=O)Cc1csc(CN2CCN(S(=O)(=O)c3cc4ccc(Cl)cc4s3)CC2=O)n1. The van der Waals surface area contributed by atoms with Crippen molar-refractivity contribution in [2.75, 3.05) is 19.6 Å². The fourth-order valence-corrected chi connectivity index (χ4v) is 7.52. The van der Waals surface area contributed by atoms with Gasteiger partial charge in [-0.3, -0.25) is 9.59 Å². The Balaban J connectivity index is 1.39. The Kier molecular flexibility index (Phi) is 7.06. The van der Waals surface area contributed by atoms with Crippen LogP contribution < -0.4 is 5.32 Å². The van der Waals surface area contributed by atoms with Crippen molar-refractivity contribution in [2.24, 2.45) is 0 Å². The predicted molar refractivity (Wildman–Crippen MR) is 130 cm³/mol. The number of hydrogen-bond donors (Lipinski definition) is 1. The van der Waals surface area contributed by atoms with Gasteiger partial charge in [0.15, 0.2) is 0 Å². The minimum atomic E-state index is -3.78. The summed E-state index contributed by atoms with van der Waals surface area (Å²) in [7, 11) is -3.78. The molecule has 0 aliphatic carbocycles. The number of piperazine rings is 1. The number of thiazole rings is 1. The number of halogens is 1. The first-order valence-electron chi connectivity index (χ1n) is 10.3. The molecule has 0 radical (unpaired) electrons. The molecule has 3 heterocycles. The molecule has 176 valence electrons. The summed E-state index contributed by atoms with van der Waals surface area (Å²) >= 11 is 8.55. The average molecular weight is 527 g/mol. The third-order valence-electron chi connectivity index (χ3n) is 5.05. The second-order valence-corrected chi connectivity index (χ2v) is 12.7. The molecule has 0 bridgehead atoms. The molecule has 0 spiro atoms. The first-order chi connectivity index (χ1) is 15.6. The van der Waals surface area contributed by atoms with Crippen LogP contribution >= 0.6 is 34.3 Å². The zero-order valence-corrected chi connectivity index (χ0v) is 21.3. The monoisotopic (exact) mass is 526 g/mol. The Labute approximate surface area is 205 Å². The summed E-state index contributed by atoms with van der Waals surface area (Å²) in [6.45, 7) is 4.35. The summed E-state index contributed by atoms with van der Waals surface area (Å²) in [5.74, 6) is -0.372. The fourth-order valence-electron chi connectivity index (χ4n) is 3.50. The highest BCUT2D eigenvalue weighted by molar-refractivity contribution is 7.91. The van der Waals surface area contributed by atoms with Crippen LogP contribution in [0.25, 0.3) is 10.1 Å². The minimum Gasteiger partial charge on any atom is -0.354 e. The van der Waals surface area contributed by atoms with E-state index in [2.05, 4.69) is 10.3 Å². The number of sulfonamides is 1. The summed E-state index contributed by atoms with van der Waals surface area (Å²) in [6.07, 6.45) is 0.190. The molecule has 12 heteroatoms. The van der Waals surface area contributed by atoms with E-state index < -0.39 is 10.0 Å². The number of benzene rings is 1. The van der Waals surface area contributed by atoms with Crippen LogP contribution in [0, 0.1) is 0 Å². The Morgan fingerprint density at radius 1 is 1.27 bits per heavy atom. The molecule has 4 rings (SSSR count). The lowest BCUT2D eigenvalue weighted by Gasteiger charge is -2.32. The van der Waals surface area contributed by atoms with E-state index in [0.717, 1.165) is 21.4 Å². The van der Waals surface area contributed by atoms with Crippen LogP contribution in [0.2, 0.25) is 5.02 Å². The maximum atomic E-state index is 13.1. The molecule has 1 fully saturated rings. The zero-order valence-electron chi connectivity index (χ0n) is 18.1. The van der Waals surface area contributed by atoms with E-state index in [4.69, 9.17) is 11.6 Å². The van der Waals surface area contributed by atoms with Gasteiger partial charge in [-0.1, -0.05) is 17.7 Å². The number of nitrogens with zero attached hydrogens (tertiary/aromatic N) is 3. The van der Waals surface area contributed by atoms with Crippen LogP contribution in [0.1, 0.15) is 24.5 Å². The lowest BCUT2D eigenvalue weighted by Crippen LogP contribution is -2.51. The van der Waals surface area contributed by atoms with Gasteiger partial charge in [-0.2, -0.15) is 4.31 Å². The molecule has 2 aromatic heterocycles. The van der Waals surface area contributed by atoms with Crippen molar-refractivity contribution in [1.82, 2.24) is 19.5 Å². The number of nitrogens with one attached hydrogen (secondary N) is 1. The molecule has 2 amide bonds. The number of thiophene rings is 1. The summed E-state index contributed by atoms with van der Waals surface area (Å²) in [4.78, 5) is 30.7. The number of fused-ring (bicyclic) bond motifs is 1. The van der Waals surface area contributed by atoms with Crippen molar-refractivity contribution >= 4 is 66.2 Å². The van der Waals surface area contributed by atoms with E-state index in [1.807, 2.05) is 19.2 Å². The highest BCUT2D eigenvalue weighted by Gasteiger charge is 2.34. The lowest BCUT2D eigenvalue weighted by molar-refractivity contribution is -0.134. The summed E-state index contributed by atoms with van der Waals surface area (Å²) in [6, 6.07) is 6.92. The maximum absolute atomic E-state index is 13.1. The van der Waals surface area contributed by atoms with Crippen molar-refractivity contribution in [3.63, 3.8) is 0 Å². The van der Waals surface area contributed by atoms with Crippen LogP contribution in [-0.2, 0) is 32.6 Å². The molecule has 1 aliphatic heterocycles. The van der Waals surface area contributed by atoms with Crippen molar-refractivity contribution < 1.29 is 18.0 Å². The molecule has 3 aromatic rings. The predicted octanol–water partition coefficient (Wildman–Crippen LogP) is 3.11. The quantitative estimate of drug-likeness (QED) is 0.510. The van der Waals surface area contributed by atoms with Crippen LogP contribution in [0.4, 0.5) is 0 Å². The van der Waals surface area contributed by atoms with Gasteiger partial charge in [-0.25, -0.2) is 13.4 Å². The van der Waals surface area contributed by atoms with Gasteiger partial charge in [-0.05, 0) is 37.4 Å². The molecule has 1 N–H and O–H groups in total. The number of carbonyl (C=O) groups is 2. The molecular weight excluding hydrogens is 504 g/mol. The number of hydrogen-bond acceptors (Lipinski definition) is 7. The molecule has 1 aliphatic rings. The summed E-state index contributed by atoms with van der Waals surface area (Å²) in [5.41, 5.74) is 0.659. The third kappa shape index (κ3) is 5.55. The number of amides is 2. The van der Waals surface area contributed by atoms with Gasteiger partial charge < -0.3 is 10.2 Å². The Bertz CT molecular complexity index is 1300. The first-order valence-corrected chi connectivity index (χ1v) is 13.8. The zero-order chi connectivity index (χ0) is 23.8. The number of rotatable bonds is 7. The standard InChI is InChI=1S/C21H23ClN4O4S3/c1-13(2)23-18(27)9-16-12-31-19(24-16)10-25-5-6-26(11-20(25)28)33(29,30)21-7-14-3-4-15(22)8-17(14)32-21/h3-4,7-8,12-13H,5-6,9-11H2,1-2H3,(H,23,27). The average Bonchev–Trinajstić information content (AvgIpc) is 3.35. The largest absolute Gasteiger partial charge is 0.354 e. The molecular formula is C21H23ClN4O4S3. The topological polar surface area (TPSA) is 99.7 Å². The Hall–Kier alpha value is -2.05. The van der Waals surface area contributed by atoms with Gasteiger partial charge in [0.25, 0.3) is 10.0 Å². The Morgan fingerprint density at radius 2 is 2.06 bits per heavy atom. The van der Waals surface area contributed by atoms with Crippen LogP contribution in [0.15, 0.2) is 33.9 Å². The van der Waals surface area contributed by atoms with E-state index >= 15 is 0 Å². The van der Waals surface area contributed by atoms with E-state index in [9.17, 15) is 18.0 Å². The lowest BCUT2D eigenvalue weighted by atomic mass is 10.3. The van der Waals surface area contributed by atoms with E-state index in [1.165, 1.54) is 15.6 Å². The third-order valence-corrected chi connectivity index (χ3v) is 9.56.